The normalized spacial score (nSPS) is 24.8. The van der Waals surface area contributed by atoms with Gasteiger partial charge in [-0.05, 0) is 24.5 Å². The topological polar surface area (TPSA) is 53.4 Å². The number of hydrogen-bond donors (Lipinski definition) is 1. The molecule has 0 aliphatic carbocycles. The third kappa shape index (κ3) is 2.61. The molecule has 1 aliphatic heterocycles. The van der Waals surface area contributed by atoms with Crippen molar-refractivity contribution in [2.75, 3.05) is 13.1 Å². The minimum Gasteiger partial charge on any atom is -0.393 e. The highest BCUT2D eigenvalue weighted by Crippen LogP contribution is 2.18. The van der Waals surface area contributed by atoms with Gasteiger partial charge in [-0.1, -0.05) is 6.92 Å². The zero-order chi connectivity index (χ0) is 12.4. The van der Waals surface area contributed by atoms with Crippen LogP contribution in [-0.2, 0) is 0 Å². The molecule has 0 bridgehead atoms. The summed E-state index contributed by atoms with van der Waals surface area (Å²) in [7, 11) is 0. The van der Waals surface area contributed by atoms with Gasteiger partial charge in [0.2, 0.25) is 5.95 Å². The highest BCUT2D eigenvalue weighted by atomic mass is 19.1. The fourth-order valence-corrected chi connectivity index (χ4v) is 2.00. The molecule has 0 radical (unpaired) electrons. The van der Waals surface area contributed by atoms with E-state index in [1.54, 1.807) is 4.90 Å². The van der Waals surface area contributed by atoms with Gasteiger partial charge in [-0.15, -0.1) is 0 Å². The van der Waals surface area contributed by atoms with Crippen LogP contribution in [0.4, 0.5) is 4.39 Å². The predicted molar refractivity (Wildman–Crippen MR) is 59.9 cm³/mol. The number of aliphatic hydroxyl groups is 1. The van der Waals surface area contributed by atoms with Gasteiger partial charge in [0.05, 0.1) is 11.7 Å². The Labute approximate surface area is 99.1 Å². The third-order valence-electron chi connectivity index (χ3n) is 3.12. The molecular weight excluding hydrogens is 223 g/mol. The third-order valence-corrected chi connectivity index (χ3v) is 3.12. The molecule has 2 atom stereocenters. The minimum atomic E-state index is -0.594. The number of carbonyl (C=O) groups excluding carboxylic acids is 1. The number of amides is 1. The quantitative estimate of drug-likeness (QED) is 0.744. The van der Waals surface area contributed by atoms with Crippen LogP contribution in [0, 0.1) is 11.9 Å². The van der Waals surface area contributed by atoms with E-state index in [0.29, 0.717) is 25.1 Å². The molecule has 1 aromatic rings. The van der Waals surface area contributed by atoms with Gasteiger partial charge in [-0.2, -0.15) is 4.39 Å². The lowest BCUT2D eigenvalue weighted by Gasteiger charge is -2.34. The van der Waals surface area contributed by atoms with Crippen LogP contribution >= 0.6 is 0 Å². The molecule has 5 heteroatoms. The van der Waals surface area contributed by atoms with Crippen molar-refractivity contribution in [1.82, 2.24) is 9.88 Å². The number of rotatable bonds is 1. The van der Waals surface area contributed by atoms with Gasteiger partial charge in [0, 0.05) is 19.3 Å². The minimum absolute atomic E-state index is 0.0705. The van der Waals surface area contributed by atoms with Crippen LogP contribution in [0.5, 0.6) is 0 Å². The smallest absolute Gasteiger partial charge is 0.255 e. The van der Waals surface area contributed by atoms with Crippen molar-refractivity contribution in [1.29, 1.82) is 0 Å². The Hall–Kier alpha value is -1.49. The zero-order valence-electron chi connectivity index (χ0n) is 9.64. The molecule has 0 aromatic carbocycles. The number of piperidine rings is 1. The summed E-state index contributed by atoms with van der Waals surface area (Å²) in [6.07, 6.45) is 1.49. The molecule has 1 aliphatic rings. The number of halogens is 1. The summed E-state index contributed by atoms with van der Waals surface area (Å²) < 4.78 is 12.6. The van der Waals surface area contributed by atoms with Crippen molar-refractivity contribution in [3.05, 3.63) is 29.8 Å². The van der Waals surface area contributed by atoms with Crippen molar-refractivity contribution < 1.29 is 14.3 Å². The van der Waals surface area contributed by atoms with Crippen molar-refractivity contribution in [3.8, 4) is 0 Å². The van der Waals surface area contributed by atoms with Gasteiger partial charge in [0.1, 0.15) is 0 Å². The largest absolute Gasteiger partial charge is 0.393 e. The van der Waals surface area contributed by atoms with Crippen molar-refractivity contribution >= 4 is 5.91 Å². The second kappa shape index (κ2) is 4.79. The molecule has 2 heterocycles. The van der Waals surface area contributed by atoms with Crippen LogP contribution < -0.4 is 0 Å². The molecular formula is C12H15FN2O2. The summed E-state index contributed by atoms with van der Waals surface area (Å²) >= 11 is 0. The van der Waals surface area contributed by atoms with Crippen LogP contribution in [0.15, 0.2) is 18.3 Å². The molecule has 92 valence electrons. The molecule has 1 amide bonds. The highest BCUT2D eigenvalue weighted by molar-refractivity contribution is 5.93. The van der Waals surface area contributed by atoms with E-state index in [4.69, 9.17) is 0 Å². The summed E-state index contributed by atoms with van der Waals surface area (Å²) in [5.74, 6) is -0.679. The van der Waals surface area contributed by atoms with Gasteiger partial charge in [-0.25, -0.2) is 4.98 Å². The van der Waals surface area contributed by atoms with E-state index in [9.17, 15) is 14.3 Å². The fraction of sp³-hybridized carbons (Fsp3) is 0.500. The van der Waals surface area contributed by atoms with Crippen LogP contribution in [0.2, 0.25) is 0 Å². The zero-order valence-corrected chi connectivity index (χ0v) is 9.64. The number of carbonyl (C=O) groups is 1. The van der Waals surface area contributed by atoms with Gasteiger partial charge in [0.25, 0.3) is 5.91 Å². The first kappa shape index (κ1) is 12.0. The lowest BCUT2D eigenvalue weighted by atomic mass is 9.96. The highest BCUT2D eigenvalue weighted by Gasteiger charge is 2.27. The van der Waals surface area contributed by atoms with E-state index in [1.165, 1.54) is 18.3 Å². The molecule has 4 nitrogen and oxygen atoms in total. The first-order valence-corrected chi connectivity index (χ1v) is 5.67. The van der Waals surface area contributed by atoms with E-state index < -0.39 is 5.95 Å². The maximum absolute atomic E-state index is 12.6. The number of aliphatic hydroxyl groups excluding tert-OH is 1. The van der Waals surface area contributed by atoms with Crippen LogP contribution in [0.25, 0.3) is 0 Å². The molecule has 1 N–H and O–H groups in total. The maximum Gasteiger partial charge on any atom is 0.255 e. The van der Waals surface area contributed by atoms with Crippen molar-refractivity contribution in [2.45, 2.75) is 19.4 Å². The number of aromatic nitrogens is 1. The number of likely N-dealkylation sites (tertiary alicyclic amines) is 1. The molecule has 1 fully saturated rings. The summed E-state index contributed by atoms with van der Waals surface area (Å²) in [5.41, 5.74) is 0.384. The maximum atomic E-state index is 12.6. The summed E-state index contributed by atoms with van der Waals surface area (Å²) in [4.78, 5) is 17.2. The lowest BCUT2D eigenvalue weighted by molar-refractivity contribution is 0.0297. The van der Waals surface area contributed by atoms with Crippen molar-refractivity contribution in [2.24, 2.45) is 5.92 Å². The van der Waals surface area contributed by atoms with E-state index in [-0.39, 0.29) is 17.9 Å². The Kier molecular flexibility index (Phi) is 3.38. The average molecular weight is 238 g/mol. The number of nitrogens with zero attached hydrogens (tertiary/aromatic N) is 2. The molecule has 0 saturated carbocycles. The van der Waals surface area contributed by atoms with Crippen LogP contribution in [-0.4, -0.2) is 40.1 Å². The van der Waals surface area contributed by atoms with Crippen LogP contribution in [0.1, 0.15) is 23.7 Å². The second-order valence-corrected chi connectivity index (χ2v) is 4.45. The summed E-state index contributed by atoms with van der Waals surface area (Å²) in [6.45, 7) is 2.96. The Morgan fingerprint density at radius 1 is 1.59 bits per heavy atom. The average Bonchev–Trinajstić information content (AvgIpc) is 2.33. The lowest BCUT2D eigenvalue weighted by Crippen LogP contribution is -2.45. The predicted octanol–water partition coefficient (Wildman–Crippen LogP) is 1.06. The van der Waals surface area contributed by atoms with E-state index in [0.717, 1.165) is 0 Å². The SMILES string of the molecule is CC1CN(C(=O)c2ccc(F)nc2)CCC1O. The van der Waals surface area contributed by atoms with Gasteiger partial charge >= 0.3 is 0 Å². The Morgan fingerprint density at radius 2 is 2.35 bits per heavy atom. The monoisotopic (exact) mass is 238 g/mol. The van der Waals surface area contributed by atoms with Crippen LogP contribution in [0.3, 0.4) is 0 Å². The molecule has 1 aromatic heterocycles. The molecule has 0 spiro atoms. The molecule has 2 rings (SSSR count). The molecule has 2 unspecified atom stereocenters. The van der Waals surface area contributed by atoms with E-state index in [1.807, 2.05) is 6.92 Å². The first-order chi connectivity index (χ1) is 8.08. The fourth-order valence-electron chi connectivity index (χ4n) is 2.00. The van der Waals surface area contributed by atoms with Gasteiger partial charge < -0.3 is 10.0 Å². The standard InChI is InChI=1S/C12H15FN2O2/c1-8-7-15(5-4-10(8)16)12(17)9-2-3-11(13)14-6-9/h2-3,6,8,10,16H,4-5,7H2,1H3. The summed E-state index contributed by atoms with van der Waals surface area (Å²) in [5, 5.41) is 9.58. The van der Waals surface area contributed by atoms with E-state index in [2.05, 4.69) is 4.98 Å². The van der Waals surface area contributed by atoms with Crippen molar-refractivity contribution in [3.63, 3.8) is 0 Å². The van der Waals surface area contributed by atoms with Gasteiger partial charge in [0.15, 0.2) is 0 Å². The second-order valence-electron chi connectivity index (χ2n) is 4.45. The Morgan fingerprint density at radius 3 is 2.94 bits per heavy atom. The molecule has 1 saturated heterocycles. The van der Waals surface area contributed by atoms with E-state index >= 15 is 0 Å². The number of pyridine rings is 1. The number of hydrogen-bond acceptors (Lipinski definition) is 3. The molecule has 17 heavy (non-hydrogen) atoms. The van der Waals surface area contributed by atoms with Gasteiger partial charge in [-0.3, -0.25) is 4.79 Å². The Balaban J connectivity index is 2.08. The summed E-state index contributed by atoms with van der Waals surface area (Å²) in [6, 6.07) is 2.61. The first-order valence-electron chi connectivity index (χ1n) is 5.67. The Bertz CT molecular complexity index is 407.